The van der Waals surface area contributed by atoms with Gasteiger partial charge in [-0.2, -0.15) is 0 Å². The van der Waals surface area contributed by atoms with E-state index in [2.05, 4.69) is 23.9 Å². The molecule has 0 amide bonds. The van der Waals surface area contributed by atoms with Gasteiger partial charge in [0.2, 0.25) is 0 Å². The average Bonchev–Trinajstić information content (AvgIpc) is 1.95. The molecule has 0 unspecified atom stereocenters. The summed E-state index contributed by atoms with van der Waals surface area (Å²) in [6.45, 7) is 5.63. The molecule has 0 aliphatic heterocycles. The first-order valence-electron chi connectivity index (χ1n) is 4.19. The maximum absolute atomic E-state index is 11.5. The fourth-order valence-electron chi connectivity index (χ4n) is 0.707. The van der Waals surface area contributed by atoms with E-state index >= 15 is 0 Å². The molecular formula is C8H17F2NO. The van der Waals surface area contributed by atoms with Crippen LogP contribution in [0.1, 0.15) is 13.8 Å². The Morgan fingerprint density at radius 3 is 2.50 bits per heavy atom. The standard InChI is InChI=1S/C8H17F2NO/c1-7(2)5-11-3-4-12-6-8(9)10/h7-8,11H,3-6H2,1-2H3. The third-order valence-electron chi connectivity index (χ3n) is 1.22. The summed E-state index contributed by atoms with van der Waals surface area (Å²) in [7, 11) is 0. The Balaban J connectivity index is 2.91. The Morgan fingerprint density at radius 2 is 2.00 bits per heavy atom. The van der Waals surface area contributed by atoms with Crippen molar-refractivity contribution in [3.8, 4) is 0 Å². The second kappa shape index (κ2) is 7.43. The molecule has 0 aliphatic rings. The molecule has 0 aromatic heterocycles. The third kappa shape index (κ3) is 9.78. The molecule has 2 nitrogen and oxygen atoms in total. The van der Waals surface area contributed by atoms with E-state index in [4.69, 9.17) is 0 Å². The highest BCUT2D eigenvalue weighted by atomic mass is 19.3. The molecule has 74 valence electrons. The summed E-state index contributed by atoms with van der Waals surface area (Å²) in [5, 5.41) is 3.09. The molecule has 0 bridgehead atoms. The van der Waals surface area contributed by atoms with Crippen molar-refractivity contribution in [2.45, 2.75) is 20.3 Å². The van der Waals surface area contributed by atoms with E-state index in [0.29, 0.717) is 19.1 Å². The van der Waals surface area contributed by atoms with Gasteiger partial charge in [0, 0.05) is 6.54 Å². The maximum Gasteiger partial charge on any atom is 0.261 e. The van der Waals surface area contributed by atoms with Gasteiger partial charge in [-0.15, -0.1) is 0 Å². The second-order valence-electron chi connectivity index (χ2n) is 3.06. The van der Waals surface area contributed by atoms with Crippen LogP contribution in [0.5, 0.6) is 0 Å². The van der Waals surface area contributed by atoms with E-state index in [9.17, 15) is 8.78 Å². The van der Waals surface area contributed by atoms with Crippen LogP contribution in [0.2, 0.25) is 0 Å². The van der Waals surface area contributed by atoms with E-state index in [-0.39, 0.29) is 0 Å². The lowest BCUT2D eigenvalue weighted by Gasteiger charge is -2.07. The lowest BCUT2D eigenvalue weighted by atomic mass is 10.2. The molecule has 0 heterocycles. The van der Waals surface area contributed by atoms with Crippen molar-refractivity contribution < 1.29 is 13.5 Å². The van der Waals surface area contributed by atoms with Gasteiger partial charge in [-0.1, -0.05) is 13.8 Å². The SMILES string of the molecule is CC(C)CNCCOCC(F)F. The zero-order valence-corrected chi connectivity index (χ0v) is 7.65. The van der Waals surface area contributed by atoms with Crippen molar-refractivity contribution in [3.63, 3.8) is 0 Å². The van der Waals surface area contributed by atoms with Crippen molar-refractivity contribution in [2.24, 2.45) is 5.92 Å². The third-order valence-corrected chi connectivity index (χ3v) is 1.22. The van der Waals surface area contributed by atoms with E-state index in [1.54, 1.807) is 0 Å². The summed E-state index contributed by atoms with van der Waals surface area (Å²) >= 11 is 0. The Labute approximate surface area is 72.3 Å². The number of alkyl halides is 2. The number of hydrogen-bond donors (Lipinski definition) is 1. The number of rotatable bonds is 7. The van der Waals surface area contributed by atoms with E-state index in [1.165, 1.54) is 0 Å². The van der Waals surface area contributed by atoms with Crippen LogP contribution < -0.4 is 5.32 Å². The molecular weight excluding hydrogens is 164 g/mol. The predicted molar refractivity (Wildman–Crippen MR) is 44.5 cm³/mol. The van der Waals surface area contributed by atoms with E-state index in [0.717, 1.165) is 6.54 Å². The van der Waals surface area contributed by atoms with Crippen molar-refractivity contribution in [3.05, 3.63) is 0 Å². The minimum atomic E-state index is -2.35. The first-order chi connectivity index (χ1) is 5.63. The molecule has 0 aliphatic carbocycles. The fraction of sp³-hybridized carbons (Fsp3) is 1.00. The van der Waals surface area contributed by atoms with Crippen molar-refractivity contribution in [2.75, 3.05) is 26.3 Å². The van der Waals surface area contributed by atoms with Gasteiger partial charge in [-0.05, 0) is 12.5 Å². The molecule has 1 N–H and O–H groups in total. The van der Waals surface area contributed by atoms with Crippen LogP contribution in [0.15, 0.2) is 0 Å². The summed E-state index contributed by atoms with van der Waals surface area (Å²) in [6.07, 6.45) is -2.35. The molecule has 0 saturated heterocycles. The van der Waals surface area contributed by atoms with Gasteiger partial charge in [0.05, 0.1) is 6.61 Å². The Kier molecular flexibility index (Phi) is 7.29. The monoisotopic (exact) mass is 181 g/mol. The topological polar surface area (TPSA) is 21.3 Å². The van der Waals surface area contributed by atoms with Gasteiger partial charge in [0.25, 0.3) is 6.43 Å². The van der Waals surface area contributed by atoms with Crippen molar-refractivity contribution >= 4 is 0 Å². The Morgan fingerprint density at radius 1 is 1.33 bits per heavy atom. The van der Waals surface area contributed by atoms with E-state index < -0.39 is 13.0 Å². The Bertz CT molecular complexity index is 87.1. The lowest BCUT2D eigenvalue weighted by Crippen LogP contribution is -2.24. The van der Waals surface area contributed by atoms with Crippen LogP contribution in [0.4, 0.5) is 8.78 Å². The lowest BCUT2D eigenvalue weighted by molar-refractivity contribution is 0.0187. The first-order valence-corrected chi connectivity index (χ1v) is 4.19. The van der Waals surface area contributed by atoms with Crippen LogP contribution in [0, 0.1) is 5.92 Å². The maximum atomic E-state index is 11.5. The summed E-state index contributed by atoms with van der Waals surface area (Å²) in [6, 6.07) is 0. The predicted octanol–water partition coefficient (Wildman–Crippen LogP) is 1.51. The molecule has 0 radical (unpaired) electrons. The number of ether oxygens (including phenoxy) is 1. The molecule has 4 heteroatoms. The molecule has 0 fully saturated rings. The van der Waals surface area contributed by atoms with Gasteiger partial charge < -0.3 is 10.1 Å². The van der Waals surface area contributed by atoms with Gasteiger partial charge in [-0.3, -0.25) is 0 Å². The molecule has 0 spiro atoms. The highest BCUT2D eigenvalue weighted by Crippen LogP contribution is 1.91. The molecule has 0 aromatic rings. The summed E-state index contributed by atoms with van der Waals surface area (Å²) < 4.78 is 27.7. The zero-order valence-electron chi connectivity index (χ0n) is 7.65. The summed E-state index contributed by atoms with van der Waals surface area (Å²) in [5.74, 6) is 0.583. The second-order valence-corrected chi connectivity index (χ2v) is 3.06. The number of hydrogen-bond acceptors (Lipinski definition) is 2. The van der Waals surface area contributed by atoms with Crippen LogP contribution >= 0.6 is 0 Å². The van der Waals surface area contributed by atoms with Crippen molar-refractivity contribution in [1.29, 1.82) is 0 Å². The molecule has 0 aromatic carbocycles. The number of nitrogens with one attached hydrogen (secondary N) is 1. The van der Waals surface area contributed by atoms with Gasteiger partial charge >= 0.3 is 0 Å². The molecule has 12 heavy (non-hydrogen) atoms. The summed E-state index contributed by atoms with van der Waals surface area (Å²) in [5.41, 5.74) is 0. The molecule has 0 rings (SSSR count). The fourth-order valence-corrected chi connectivity index (χ4v) is 0.707. The van der Waals surface area contributed by atoms with Crippen LogP contribution in [-0.4, -0.2) is 32.7 Å². The minimum Gasteiger partial charge on any atom is -0.374 e. The average molecular weight is 181 g/mol. The Hall–Kier alpha value is -0.220. The number of halogens is 2. The van der Waals surface area contributed by atoms with Crippen LogP contribution in [-0.2, 0) is 4.74 Å². The normalized spacial score (nSPS) is 11.5. The smallest absolute Gasteiger partial charge is 0.261 e. The highest BCUT2D eigenvalue weighted by Gasteiger charge is 2.00. The zero-order chi connectivity index (χ0) is 9.40. The van der Waals surface area contributed by atoms with E-state index in [1.807, 2.05) is 0 Å². The minimum absolute atomic E-state index is 0.358. The van der Waals surface area contributed by atoms with Crippen LogP contribution in [0.25, 0.3) is 0 Å². The summed E-state index contributed by atoms with van der Waals surface area (Å²) in [4.78, 5) is 0. The molecule has 0 atom stereocenters. The van der Waals surface area contributed by atoms with Gasteiger partial charge in [0.1, 0.15) is 6.61 Å². The van der Waals surface area contributed by atoms with Gasteiger partial charge in [0.15, 0.2) is 0 Å². The van der Waals surface area contributed by atoms with Crippen LogP contribution in [0.3, 0.4) is 0 Å². The van der Waals surface area contributed by atoms with Crippen molar-refractivity contribution in [1.82, 2.24) is 5.32 Å². The van der Waals surface area contributed by atoms with Gasteiger partial charge in [-0.25, -0.2) is 8.78 Å². The quantitative estimate of drug-likeness (QED) is 0.601. The first kappa shape index (κ1) is 11.8. The molecule has 0 saturated carbocycles. The largest absolute Gasteiger partial charge is 0.374 e. The highest BCUT2D eigenvalue weighted by molar-refractivity contribution is 4.49.